The summed E-state index contributed by atoms with van der Waals surface area (Å²) in [5, 5.41) is 19.3. The number of benzene rings is 1. The average molecular weight is 467 g/mol. The van der Waals surface area contributed by atoms with Crippen molar-refractivity contribution in [3.63, 3.8) is 0 Å². The van der Waals surface area contributed by atoms with Crippen molar-refractivity contribution in [1.29, 1.82) is 0 Å². The van der Waals surface area contributed by atoms with Crippen molar-refractivity contribution >= 4 is 27.9 Å². The molecule has 0 saturated carbocycles. The van der Waals surface area contributed by atoms with Gasteiger partial charge in [-0.1, -0.05) is 0 Å². The first-order chi connectivity index (χ1) is 16.4. The van der Waals surface area contributed by atoms with E-state index in [4.69, 9.17) is 15.5 Å². The second-order valence-electron chi connectivity index (χ2n) is 9.41. The molecule has 10 nitrogen and oxygen atoms in total. The van der Waals surface area contributed by atoms with Crippen LogP contribution in [-0.4, -0.2) is 66.5 Å². The lowest BCUT2D eigenvalue weighted by Gasteiger charge is -2.41. The molecule has 0 aliphatic carbocycles. The number of fused-ring (bicyclic) bond motifs is 2. The number of rotatable bonds is 3. The molecule has 2 saturated heterocycles. The normalized spacial score (nSPS) is 22.4. The number of nitrogens with two attached hydrogens (primary N) is 1. The number of hydrogen-bond acceptors (Lipinski definition) is 8. The number of aromatic nitrogens is 6. The molecule has 0 unspecified atom stereocenters. The first-order valence-electron chi connectivity index (χ1n) is 11.5. The zero-order valence-electron chi connectivity index (χ0n) is 19.1. The van der Waals surface area contributed by atoms with Crippen molar-refractivity contribution in [2.45, 2.75) is 38.5 Å². The molecule has 2 aliphatic rings. The summed E-state index contributed by atoms with van der Waals surface area (Å²) < 4.78 is 24.1. The first-order valence-corrected chi connectivity index (χ1v) is 11.5. The van der Waals surface area contributed by atoms with E-state index in [2.05, 4.69) is 20.1 Å². The van der Waals surface area contributed by atoms with Crippen LogP contribution < -0.4 is 10.6 Å². The lowest BCUT2D eigenvalue weighted by molar-refractivity contribution is 0.0973. The number of anilines is 1. The molecule has 1 aromatic carbocycles. The minimum atomic E-state index is -0.440. The molecule has 6 rings (SSSR count). The summed E-state index contributed by atoms with van der Waals surface area (Å²) in [6, 6.07) is 3.47. The third kappa shape index (κ3) is 3.04. The lowest BCUT2D eigenvalue weighted by Crippen LogP contribution is -2.51. The Hall–Kier alpha value is -3.15. The summed E-state index contributed by atoms with van der Waals surface area (Å²) in [7, 11) is 1.69. The van der Waals surface area contributed by atoms with Gasteiger partial charge in [-0.3, -0.25) is 4.68 Å². The van der Waals surface area contributed by atoms with E-state index in [9.17, 15) is 5.11 Å². The number of ether oxygens (including phenoxy) is 1. The fourth-order valence-corrected chi connectivity index (χ4v) is 5.42. The van der Waals surface area contributed by atoms with Crippen LogP contribution >= 0.6 is 0 Å². The molecular formula is C23H27FN8O2. The number of aliphatic hydroxyl groups excluding tert-OH is 1. The molecular weight excluding hydrogens is 439 g/mol. The van der Waals surface area contributed by atoms with Gasteiger partial charge in [0.2, 0.25) is 0 Å². The fraction of sp³-hybridized carbons (Fsp3) is 0.478. The summed E-state index contributed by atoms with van der Waals surface area (Å²) in [5.41, 5.74) is 8.44. The minimum Gasteiger partial charge on any atom is -0.390 e. The van der Waals surface area contributed by atoms with Crippen LogP contribution in [0.4, 0.5) is 10.2 Å². The van der Waals surface area contributed by atoms with E-state index in [0.717, 1.165) is 25.9 Å². The Bertz CT molecular complexity index is 1390. The molecule has 2 aliphatic heterocycles. The monoisotopic (exact) mass is 466 g/mol. The van der Waals surface area contributed by atoms with Gasteiger partial charge < -0.3 is 20.5 Å². The topological polar surface area (TPSA) is 120 Å². The second kappa shape index (κ2) is 7.69. The van der Waals surface area contributed by atoms with Crippen LogP contribution in [0.3, 0.4) is 0 Å². The Morgan fingerprint density at radius 1 is 1.21 bits per heavy atom. The highest BCUT2D eigenvalue weighted by molar-refractivity contribution is 5.83. The molecule has 0 amide bonds. The Balaban J connectivity index is 1.36. The van der Waals surface area contributed by atoms with E-state index in [0.29, 0.717) is 40.2 Å². The second-order valence-corrected chi connectivity index (χ2v) is 9.41. The van der Waals surface area contributed by atoms with Crippen LogP contribution in [0.15, 0.2) is 24.5 Å². The predicted molar refractivity (Wildman–Crippen MR) is 124 cm³/mol. The SMILES string of the molecule is C[C@@H]1OCC2(CCN(c3nc4cnn(-c5ccc6cnn(C)c6c5F)c4nc3CO)CC2)[C@@H]1N. The van der Waals surface area contributed by atoms with Gasteiger partial charge in [0.1, 0.15) is 22.4 Å². The Labute approximate surface area is 195 Å². The van der Waals surface area contributed by atoms with Crippen molar-refractivity contribution in [3.05, 3.63) is 36.0 Å². The van der Waals surface area contributed by atoms with Gasteiger partial charge in [-0.15, -0.1) is 0 Å². The van der Waals surface area contributed by atoms with Gasteiger partial charge in [-0.05, 0) is 31.9 Å². The molecule has 1 spiro atoms. The maximum Gasteiger partial charge on any atom is 0.182 e. The largest absolute Gasteiger partial charge is 0.390 e. The van der Waals surface area contributed by atoms with Gasteiger partial charge in [0, 0.05) is 37.0 Å². The highest BCUT2D eigenvalue weighted by Crippen LogP contribution is 2.42. The number of halogens is 1. The van der Waals surface area contributed by atoms with Crippen molar-refractivity contribution in [3.8, 4) is 5.69 Å². The van der Waals surface area contributed by atoms with Crippen molar-refractivity contribution < 1.29 is 14.2 Å². The Kier molecular flexibility index (Phi) is 4.84. The first kappa shape index (κ1) is 21.4. The Morgan fingerprint density at radius 3 is 2.71 bits per heavy atom. The third-order valence-corrected chi connectivity index (χ3v) is 7.55. The molecule has 0 bridgehead atoms. The molecule has 34 heavy (non-hydrogen) atoms. The van der Waals surface area contributed by atoms with Crippen LogP contribution in [0.25, 0.3) is 27.8 Å². The summed E-state index contributed by atoms with van der Waals surface area (Å²) in [6.45, 7) is 3.92. The van der Waals surface area contributed by atoms with E-state index in [-0.39, 0.29) is 29.9 Å². The van der Waals surface area contributed by atoms with Crippen LogP contribution in [0.5, 0.6) is 0 Å². The standard InChI is InChI=1S/C23H27FN8O2/c1-13-20(25)23(12-34-13)5-7-31(8-6-23)21-16(11-33)29-22-15(28-21)10-27-32(22)17-4-3-14-9-26-30(2)19(14)18(17)24/h3-4,9-10,13,20,33H,5-8,11-12,25H2,1-2H3/t13-,20+/m0/s1. The van der Waals surface area contributed by atoms with E-state index >= 15 is 4.39 Å². The Morgan fingerprint density at radius 2 is 2.00 bits per heavy atom. The van der Waals surface area contributed by atoms with Gasteiger partial charge >= 0.3 is 0 Å². The van der Waals surface area contributed by atoms with Gasteiger partial charge in [0.15, 0.2) is 17.3 Å². The van der Waals surface area contributed by atoms with Gasteiger partial charge in [0.25, 0.3) is 0 Å². The highest BCUT2D eigenvalue weighted by atomic mass is 19.1. The van der Waals surface area contributed by atoms with Crippen LogP contribution in [0.1, 0.15) is 25.5 Å². The smallest absolute Gasteiger partial charge is 0.182 e. The number of nitrogens with zero attached hydrogens (tertiary/aromatic N) is 7. The summed E-state index contributed by atoms with van der Waals surface area (Å²) in [4.78, 5) is 11.6. The number of aliphatic hydroxyl groups is 1. The van der Waals surface area contributed by atoms with Gasteiger partial charge in [0.05, 0.1) is 31.7 Å². The van der Waals surface area contributed by atoms with Crippen molar-refractivity contribution in [2.75, 3.05) is 24.6 Å². The maximum atomic E-state index is 15.4. The number of aryl methyl sites for hydroxylation is 1. The van der Waals surface area contributed by atoms with Crippen molar-refractivity contribution in [2.24, 2.45) is 18.2 Å². The third-order valence-electron chi connectivity index (χ3n) is 7.55. The molecule has 5 heterocycles. The zero-order valence-corrected chi connectivity index (χ0v) is 19.1. The van der Waals surface area contributed by atoms with Crippen LogP contribution in [0.2, 0.25) is 0 Å². The molecule has 0 radical (unpaired) electrons. The van der Waals surface area contributed by atoms with Gasteiger partial charge in [-0.25, -0.2) is 19.0 Å². The van der Waals surface area contributed by atoms with Gasteiger partial charge in [-0.2, -0.15) is 10.2 Å². The summed E-state index contributed by atoms with van der Waals surface area (Å²) in [5.74, 6) is 0.192. The average Bonchev–Trinajstić information content (AvgIpc) is 3.52. The summed E-state index contributed by atoms with van der Waals surface area (Å²) >= 11 is 0. The molecule has 3 aromatic heterocycles. The van der Waals surface area contributed by atoms with E-state index in [1.807, 2.05) is 6.92 Å². The quantitative estimate of drug-likeness (QED) is 0.468. The van der Waals surface area contributed by atoms with E-state index in [1.54, 1.807) is 31.6 Å². The molecule has 11 heteroatoms. The number of piperidine rings is 1. The predicted octanol–water partition coefficient (Wildman–Crippen LogP) is 1.67. The van der Waals surface area contributed by atoms with Crippen LogP contribution in [-0.2, 0) is 18.4 Å². The molecule has 178 valence electrons. The fourth-order valence-electron chi connectivity index (χ4n) is 5.42. The highest BCUT2D eigenvalue weighted by Gasteiger charge is 2.47. The van der Waals surface area contributed by atoms with E-state index < -0.39 is 5.82 Å². The lowest BCUT2D eigenvalue weighted by atomic mass is 9.73. The molecule has 4 aromatic rings. The zero-order chi connectivity index (χ0) is 23.6. The minimum absolute atomic E-state index is 0.0142. The van der Waals surface area contributed by atoms with Crippen LogP contribution in [0, 0.1) is 11.2 Å². The molecule has 3 N–H and O–H groups in total. The molecule has 2 atom stereocenters. The summed E-state index contributed by atoms with van der Waals surface area (Å²) in [6.07, 6.45) is 5.03. The van der Waals surface area contributed by atoms with Crippen molar-refractivity contribution in [1.82, 2.24) is 29.5 Å². The maximum absolute atomic E-state index is 15.4. The molecule has 2 fully saturated rings. The number of hydrogen-bond donors (Lipinski definition) is 2. The van der Waals surface area contributed by atoms with E-state index in [1.165, 1.54) is 9.36 Å².